The Bertz CT molecular complexity index is 267. The third-order valence-corrected chi connectivity index (χ3v) is 2.46. The van der Waals surface area contributed by atoms with Crippen molar-refractivity contribution in [2.45, 2.75) is 26.3 Å². The molecule has 0 radical (unpaired) electrons. The molecule has 1 aromatic rings. The summed E-state index contributed by atoms with van der Waals surface area (Å²) in [5, 5.41) is 3.44. The summed E-state index contributed by atoms with van der Waals surface area (Å²) < 4.78 is 5.55. The van der Waals surface area contributed by atoms with Gasteiger partial charge in [-0.25, -0.2) is 0 Å². The van der Waals surface area contributed by atoms with Crippen LogP contribution in [0.15, 0.2) is 16.5 Å². The lowest BCUT2D eigenvalue weighted by Crippen LogP contribution is -2.12. The lowest BCUT2D eigenvalue weighted by Gasteiger charge is -2.05. The number of hydrogen-bond acceptors (Lipinski definition) is 2. The highest BCUT2D eigenvalue weighted by Gasteiger charge is 2.23. The highest BCUT2D eigenvalue weighted by atomic mass is 16.3. The molecule has 1 aromatic heterocycles. The molecule has 0 spiro atoms. The van der Waals surface area contributed by atoms with Gasteiger partial charge in [-0.05, 0) is 37.9 Å². The Morgan fingerprint density at radius 3 is 2.83 bits per heavy atom. The maximum absolute atomic E-state index is 5.55. The van der Waals surface area contributed by atoms with Gasteiger partial charge in [0, 0.05) is 0 Å². The van der Waals surface area contributed by atoms with Crippen LogP contribution >= 0.6 is 0 Å². The van der Waals surface area contributed by atoms with E-state index in [4.69, 9.17) is 4.42 Å². The summed E-state index contributed by atoms with van der Waals surface area (Å²) in [6.45, 7) is 5.37. The van der Waals surface area contributed by atoms with Crippen molar-refractivity contribution >= 4 is 0 Å². The summed E-state index contributed by atoms with van der Waals surface area (Å²) in [6.07, 6.45) is 1.20. The fourth-order valence-corrected chi connectivity index (χ4v) is 1.77. The molecule has 12 heavy (non-hydrogen) atoms. The normalized spacial score (nSPS) is 29.5. The summed E-state index contributed by atoms with van der Waals surface area (Å²) in [6, 6.07) is 4.55. The highest BCUT2D eigenvalue weighted by molar-refractivity contribution is 5.11. The Kier molecular flexibility index (Phi) is 1.93. The fraction of sp³-hybridized carbons (Fsp3) is 0.600. The lowest BCUT2D eigenvalue weighted by atomic mass is 10.1. The SMILES string of the molecule is Cc1ccc(C2CC(C)CN2)o1. The van der Waals surface area contributed by atoms with Gasteiger partial charge < -0.3 is 9.73 Å². The van der Waals surface area contributed by atoms with Gasteiger partial charge in [0.15, 0.2) is 0 Å². The second-order valence-corrected chi connectivity index (χ2v) is 3.75. The number of nitrogens with one attached hydrogen (secondary N) is 1. The average molecular weight is 165 g/mol. The number of hydrogen-bond donors (Lipinski definition) is 1. The minimum Gasteiger partial charge on any atom is -0.465 e. The van der Waals surface area contributed by atoms with Gasteiger partial charge in [-0.15, -0.1) is 0 Å². The molecule has 2 rings (SSSR count). The third-order valence-electron chi connectivity index (χ3n) is 2.46. The van der Waals surface area contributed by atoms with Crippen molar-refractivity contribution in [2.75, 3.05) is 6.54 Å². The molecule has 66 valence electrons. The number of furan rings is 1. The zero-order valence-corrected chi connectivity index (χ0v) is 7.63. The van der Waals surface area contributed by atoms with Crippen molar-refractivity contribution in [3.05, 3.63) is 23.7 Å². The summed E-state index contributed by atoms with van der Waals surface area (Å²) in [7, 11) is 0. The highest BCUT2D eigenvalue weighted by Crippen LogP contribution is 2.27. The maximum atomic E-state index is 5.55. The van der Waals surface area contributed by atoms with Crippen LogP contribution in [0.3, 0.4) is 0 Å². The van der Waals surface area contributed by atoms with E-state index >= 15 is 0 Å². The van der Waals surface area contributed by atoms with Crippen LogP contribution in [0.25, 0.3) is 0 Å². The molecule has 0 aromatic carbocycles. The van der Waals surface area contributed by atoms with E-state index in [1.165, 1.54) is 6.42 Å². The summed E-state index contributed by atoms with van der Waals surface area (Å²) >= 11 is 0. The summed E-state index contributed by atoms with van der Waals surface area (Å²) in [5.74, 6) is 2.88. The monoisotopic (exact) mass is 165 g/mol. The van der Waals surface area contributed by atoms with Crippen molar-refractivity contribution in [1.29, 1.82) is 0 Å². The standard InChI is InChI=1S/C10H15NO/c1-7-5-9(11-6-7)10-4-3-8(2)12-10/h3-4,7,9,11H,5-6H2,1-2H3. The molecule has 2 heterocycles. The van der Waals surface area contributed by atoms with Gasteiger partial charge in [-0.2, -0.15) is 0 Å². The topological polar surface area (TPSA) is 25.2 Å². The van der Waals surface area contributed by atoms with E-state index in [0.717, 1.165) is 24.0 Å². The molecule has 2 nitrogen and oxygen atoms in total. The van der Waals surface area contributed by atoms with Crippen molar-refractivity contribution < 1.29 is 4.42 Å². The first kappa shape index (κ1) is 7.87. The second kappa shape index (κ2) is 2.94. The van der Waals surface area contributed by atoms with Crippen molar-refractivity contribution in [1.82, 2.24) is 5.32 Å². The average Bonchev–Trinajstić information content (AvgIpc) is 2.58. The Morgan fingerprint density at radius 1 is 1.50 bits per heavy atom. The molecule has 0 aliphatic carbocycles. The van der Waals surface area contributed by atoms with Crippen LogP contribution in [0.1, 0.15) is 30.9 Å². The van der Waals surface area contributed by atoms with Crippen molar-refractivity contribution in [3.63, 3.8) is 0 Å². The Morgan fingerprint density at radius 2 is 2.33 bits per heavy atom. The molecule has 1 aliphatic heterocycles. The minimum absolute atomic E-state index is 0.452. The molecule has 2 unspecified atom stereocenters. The van der Waals surface area contributed by atoms with Gasteiger partial charge in [-0.3, -0.25) is 0 Å². The first-order chi connectivity index (χ1) is 5.75. The Hall–Kier alpha value is -0.760. The zero-order valence-electron chi connectivity index (χ0n) is 7.63. The Balaban J connectivity index is 2.11. The first-order valence-electron chi connectivity index (χ1n) is 4.55. The molecule has 2 heteroatoms. The van der Waals surface area contributed by atoms with Crippen molar-refractivity contribution in [3.8, 4) is 0 Å². The van der Waals surface area contributed by atoms with E-state index in [2.05, 4.69) is 18.3 Å². The van der Waals surface area contributed by atoms with Crippen LogP contribution in [0, 0.1) is 12.8 Å². The van der Waals surface area contributed by atoms with Gasteiger partial charge in [0.25, 0.3) is 0 Å². The molecule has 1 aliphatic rings. The van der Waals surface area contributed by atoms with Crippen LogP contribution in [0.5, 0.6) is 0 Å². The van der Waals surface area contributed by atoms with Crippen LogP contribution in [0.2, 0.25) is 0 Å². The van der Waals surface area contributed by atoms with Crippen LogP contribution in [-0.4, -0.2) is 6.54 Å². The third kappa shape index (κ3) is 1.39. The van der Waals surface area contributed by atoms with E-state index in [9.17, 15) is 0 Å². The van der Waals surface area contributed by atoms with E-state index in [1.807, 2.05) is 13.0 Å². The van der Waals surface area contributed by atoms with E-state index < -0.39 is 0 Å². The predicted octanol–water partition coefficient (Wildman–Crippen LogP) is 2.26. The molecular formula is C10H15NO. The second-order valence-electron chi connectivity index (χ2n) is 3.75. The zero-order chi connectivity index (χ0) is 8.55. The molecule has 0 saturated carbocycles. The molecule has 2 atom stereocenters. The smallest absolute Gasteiger partial charge is 0.121 e. The molecular weight excluding hydrogens is 150 g/mol. The van der Waals surface area contributed by atoms with Crippen LogP contribution in [-0.2, 0) is 0 Å². The fourth-order valence-electron chi connectivity index (χ4n) is 1.77. The van der Waals surface area contributed by atoms with Gasteiger partial charge in [0.1, 0.15) is 11.5 Å². The number of rotatable bonds is 1. The number of aryl methyl sites for hydroxylation is 1. The van der Waals surface area contributed by atoms with E-state index in [0.29, 0.717) is 6.04 Å². The van der Waals surface area contributed by atoms with E-state index in [-0.39, 0.29) is 0 Å². The molecule has 1 fully saturated rings. The van der Waals surface area contributed by atoms with Gasteiger partial charge >= 0.3 is 0 Å². The molecule has 1 saturated heterocycles. The van der Waals surface area contributed by atoms with E-state index in [1.54, 1.807) is 0 Å². The molecule has 0 amide bonds. The largest absolute Gasteiger partial charge is 0.465 e. The summed E-state index contributed by atoms with van der Waals surface area (Å²) in [5.41, 5.74) is 0. The lowest BCUT2D eigenvalue weighted by molar-refractivity contribution is 0.424. The Labute approximate surface area is 73.0 Å². The van der Waals surface area contributed by atoms with Crippen molar-refractivity contribution in [2.24, 2.45) is 5.92 Å². The van der Waals surface area contributed by atoms with Gasteiger partial charge in [0.05, 0.1) is 6.04 Å². The first-order valence-corrected chi connectivity index (χ1v) is 4.55. The minimum atomic E-state index is 0.452. The molecule has 1 N–H and O–H groups in total. The van der Waals surface area contributed by atoms with Crippen LogP contribution in [0.4, 0.5) is 0 Å². The predicted molar refractivity (Wildman–Crippen MR) is 48.0 cm³/mol. The van der Waals surface area contributed by atoms with Gasteiger partial charge in [-0.1, -0.05) is 6.92 Å². The summed E-state index contributed by atoms with van der Waals surface area (Å²) in [4.78, 5) is 0. The van der Waals surface area contributed by atoms with Gasteiger partial charge in [0.2, 0.25) is 0 Å². The molecule has 0 bridgehead atoms. The van der Waals surface area contributed by atoms with Crippen LogP contribution < -0.4 is 5.32 Å². The quantitative estimate of drug-likeness (QED) is 0.690. The maximum Gasteiger partial charge on any atom is 0.121 e.